The Morgan fingerprint density at radius 3 is 2.77 bits per heavy atom. The van der Waals surface area contributed by atoms with Gasteiger partial charge in [-0.25, -0.2) is 9.67 Å². The van der Waals surface area contributed by atoms with Gasteiger partial charge in [0.2, 0.25) is 5.82 Å². The van der Waals surface area contributed by atoms with Crippen molar-refractivity contribution in [2.75, 3.05) is 0 Å². The fourth-order valence-electron chi connectivity index (χ4n) is 2.79. The number of oxime groups is 1. The van der Waals surface area contributed by atoms with Crippen LogP contribution in [0.5, 0.6) is 0 Å². The molecule has 2 N–H and O–H groups in total. The maximum Gasteiger partial charge on any atom is 0.259 e. The number of rotatable bonds is 6. The van der Waals surface area contributed by atoms with Crippen LogP contribution in [0.2, 0.25) is 5.02 Å². The monoisotopic (exact) mass is 423 g/mol. The first-order valence-corrected chi connectivity index (χ1v) is 9.42. The molecule has 0 spiro atoms. The predicted molar refractivity (Wildman–Crippen MR) is 111 cm³/mol. The summed E-state index contributed by atoms with van der Waals surface area (Å²) in [4.78, 5) is 13.9. The number of halogens is 1. The van der Waals surface area contributed by atoms with Crippen LogP contribution in [0.3, 0.4) is 0 Å². The first kappa shape index (κ1) is 19.6. The third-order valence-electron chi connectivity index (χ3n) is 4.20. The van der Waals surface area contributed by atoms with E-state index in [1.165, 1.54) is 0 Å². The van der Waals surface area contributed by atoms with Crippen molar-refractivity contribution in [3.05, 3.63) is 76.5 Å². The van der Waals surface area contributed by atoms with Crippen LogP contribution in [0.15, 0.2) is 58.3 Å². The molecule has 0 saturated carbocycles. The number of hydrogen-bond donors (Lipinski definition) is 1. The molecule has 3 heterocycles. The summed E-state index contributed by atoms with van der Waals surface area (Å²) in [5.74, 6) is 1.49. The van der Waals surface area contributed by atoms with Crippen LogP contribution in [0, 0.1) is 13.8 Å². The summed E-state index contributed by atoms with van der Waals surface area (Å²) in [7, 11) is 0. The van der Waals surface area contributed by atoms with E-state index in [9.17, 15) is 0 Å². The molecule has 0 aliphatic carbocycles. The van der Waals surface area contributed by atoms with Crippen molar-refractivity contribution in [3.8, 4) is 17.3 Å². The van der Waals surface area contributed by atoms with Crippen molar-refractivity contribution in [1.29, 1.82) is 0 Å². The van der Waals surface area contributed by atoms with Gasteiger partial charge in [0.25, 0.3) is 5.89 Å². The SMILES string of the molecule is Cc1cc(C)n(-c2ccc(C(N)=NOCc3noc(-c4ccccc4Cl)n3)cn2)n1. The Balaban J connectivity index is 1.40. The van der Waals surface area contributed by atoms with E-state index in [-0.39, 0.29) is 12.4 Å². The summed E-state index contributed by atoms with van der Waals surface area (Å²) in [6.07, 6.45) is 1.61. The lowest BCUT2D eigenvalue weighted by Crippen LogP contribution is -2.15. The molecule has 0 amide bonds. The number of hydrogen-bond acceptors (Lipinski definition) is 7. The predicted octanol–water partition coefficient (Wildman–Crippen LogP) is 3.42. The summed E-state index contributed by atoms with van der Waals surface area (Å²) in [5.41, 5.74) is 9.16. The van der Waals surface area contributed by atoms with Crippen LogP contribution < -0.4 is 5.73 Å². The third-order valence-corrected chi connectivity index (χ3v) is 4.53. The lowest BCUT2D eigenvalue weighted by Gasteiger charge is -2.05. The second-order valence-corrected chi connectivity index (χ2v) is 6.90. The van der Waals surface area contributed by atoms with Crippen molar-refractivity contribution >= 4 is 17.4 Å². The minimum atomic E-state index is -0.00801. The topological polar surface area (TPSA) is 117 Å². The lowest BCUT2D eigenvalue weighted by atomic mass is 10.2. The molecule has 1 aromatic carbocycles. The van der Waals surface area contributed by atoms with Crippen molar-refractivity contribution in [2.24, 2.45) is 10.9 Å². The molecule has 4 aromatic rings. The zero-order valence-corrected chi connectivity index (χ0v) is 17.0. The number of pyridine rings is 1. The summed E-state index contributed by atoms with van der Waals surface area (Å²) in [6, 6.07) is 12.8. The minimum absolute atomic E-state index is 0.00801. The number of nitrogens with two attached hydrogens (primary N) is 1. The standard InChI is InChI=1S/C20H18ClN7O2/c1-12-9-13(2)28(25-12)18-8-7-14(10-23-18)19(22)27-29-11-17-24-20(30-26-17)15-5-3-4-6-16(15)21/h3-10H,11H2,1-2H3,(H2,22,27). The Morgan fingerprint density at radius 1 is 1.23 bits per heavy atom. The Kier molecular flexibility index (Phi) is 5.44. The molecule has 0 aliphatic heterocycles. The molecule has 0 fully saturated rings. The smallest absolute Gasteiger partial charge is 0.259 e. The molecule has 4 rings (SSSR count). The van der Waals surface area contributed by atoms with E-state index in [1.807, 2.05) is 38.1 Å². The second kappa shape index (κ2) is 8.34. The van der Waals surface area contributed by atoms with Gasteiger partial charge in [0.15, 0.2) is 18.3 Å². The fraction of sp³-hybridized carbons (Fsp3) is 0.150. The normalized spacial score (nSPS) is 11.6. The largest absolute Gasteiger partial charge is 0.386 e. The molecular weight excluding hydrogens is 406 g/mol. The van der Waals surface area contributed by atoms with Gasteiger partial charge >= 0.3 is 0 Å². The first-order valence-electron chi connectivity index (χ1n) is 9.04. The maximum absolute atomic E-state index is 6.13. The van der Waals surface area contributed by atoms with E-state index in [4.69, 9.17) is 26.7 Å². The van der Waals surface area contributed by atoms with Crippen LogP contribution in [0.4, 0.5) is 0 Å². The lowest BCUT2D eigenvalue weighted by molar-refractivity contribution is 0.122. The molecule has 152 valence electrons. The van der Waals surface area contributed by atoms with Crippen molar-refractivity contribution in [1.82, 2.24) is 24.9 Å². The van der Waals surface area contributed by atoms with Crippen molar-refractivity contribution in [2.45, 2.75) is 20.5 Å². The van der Waals surface area contributed by atoms with Crippen LogP contribution in [-0.4, -0.2) is 30.7 Å². The van der Waals surface area contributed by atoms with Crippen LogP contribution in [-0.2, 0) is 11.4 Å². The van der Waals surface area contributed by atoms with Crippen molar-refractivity contribution < 1.29 is 9.36 Å². The third kappa shape index (κ3) is 4.15. The summed E-state index contributed by atoms with van der Waals surface area (Å²) in [5, 5.41) is 12.7. The van der Waals surface area contributed by atoms with Gasteiger partial charge in [-0.3, -0.25) is 0 Å². The quantitative estimate of drug-likeness (QED) is 0.287. The zero-order chi connectivity index (χ0) is 21.1. The van der Waals surface area contributed by atoms with Gasteiger partial charge in [-0.15, -0.1) is 0 Å². The second-order valence-electron chi connectivity index (χ2n) is 6.49. The average Bonchev–Trinajstić information content (AvgIpc) is 3.34. The first-order chi connectivity index (χ1) is 14.5. The fourth-order valence-corrected chi connectivity index (χ4v) is 3.01. The van der Waals surface area contributed by atoms with Gasteiger partial charge in [0.1, 0.15) is 0 Å². The highest BCUT2D eigenvalue weighted by molar-refractivity contribution is 6.33. The number of benzene rings is 1. The van der Waals surface area contributed by atoms with E-state index in [2.05, 4.69) is 25.4 Å². The Hall–Kier alpha value is -3.72. The Labute approximate surface area is 177 Å². The van der Waals surface area contributed by atoms with E-state index in [1.54, 1.807) is 29.1 Å². The average molecular weight is 424 g/mol. The molecule has 0 unspecified atom stereocenters. The highest BCUT2D eigenvalue weighted by Crippen LogP contribution is 2.25. The van der Waals surface area contributed by atoms with Gasteiger partial charge in [-0.1, -0.05) is 34.0 Å². The van der Waals surface area contributed by atoms with E-state index in [0.717, 1.165) is 11.4 Å². The van der Waals surface area contributed by atoms with E-state index in [0.29, 0.717) is 33.7 Å². The highest BCUT2D eigenvalue weighted by atomic mass is 35.5. The molecule has 0 bridgehead atoms. The summed E-state index contributed by atoms with van der Waals surface area (Å²) >= 11 is 6.13. The van der Waals surface area contributed by atoms with Crippen LogP contribution >= 0.6 is 11.6 Å². The van der Waals surface area contributed by atoms with E-state index < -0.39 is 0 Å². The van der Waals surface area contributed by atoms with Gasteiger partial charge in [-0.05, 0) is 44.2 Å². The number of aromatic nitrogens is 5. The van der Waals surface area contributed by atoms with Crippen LogP contribution in [0.25, 0.3) is 17.3 Å². The maximum atomic E-state index is 6.13. The summed E-state index contributed by atoms with van der Waals surface area (Å²) in [6.45, 7) is 3.89. The number of amidine groups is 1. The number of nitrogens with zero attached hydrogens (tertiary/aromatic N) is 6. The highest BCUT2D eigenvalue weighted by Gasteiger charge is 2.12. The summed E-state index contributed by atoms with van der Waals surface area (Å²) < 4.78 is 6.98. The molecule has 9 nitrogen and oxygen atoms in total. The molecule has 0 aliphatic rings. The van der Waals surface area contributed by atoms with Gasteiger partial charge < -0.3 is 15.1 Å². The molecule has 0 radical (unpaired) electrons. The van der Waals surface area contributed by atoms with Gasteiger partial charge in [-0.2, -0.15) is 10.1 Å². The minimum Gasteiger partial charge on any atom is -0.386 e. The Bertz CT molecular complexity index is 1200. The van der Waals surface area contributed by atoms with E-state index >= 15 is 0 Å². The molecular formula is C20H18ClN7O2. The number of aryl methyl sites for hydroxylation is 2. The van der Waals surface area contributed by atoms with Crippen molar-refractivity contribution in [3.63, 3.8) is 0 Å². The molecule has 10 heteroatoms. The zero-order valence-electron chi connectivity index (χ0n) is 16.3. The van der Waals surface area contributed by atoms with Crippen LogP contribution in [0.1, 0.15) is 22.8 Å². The molecule has 3 aromatic heterocycles. The molecule has 0 atom stereocenters. The van der Waals surface area contributed by atoms with Gasteiger partial charge in [0, 0.05) is 17.5 Å². The Morgan fingerprint density at radius 2 is 2.07 bits per heavy atom. The molecule has 0 saturated heterocycles. The van der Waals surface area contributed by atoms with Gasteiger partial charge in [0.05, 0.1) is 16.3 Å². The molecule has 30 heavy (non-hydrogen) atoms.